The molecule has 1 saturated carbocycles. The smallest absolute Gasteiger partial charge is 0.407 e. The summed E-state index contributed by atoms with van der Waals surface area (Å²) in [5.41, 5.74) is 0.310. The first-order chi connectivity index (χ1) is 24.3. The lowest BCUT2D eigenvalue weighted by Crippen LogP contribution is -2.61. The number of methoxy groups -OCH3 is 1. The van der Waals surface area contributed by atoms with Gasteiger partial charge in [0.1, 0.15) is 29.3 Å². The topological polar surface area (TPSA) is 126 Å². The molecule has 1 saturated heterocycles. The highest BCUT2D eigenvalue weighted by Gasteiger charge is 2.47. The van der Waals surface area contributed by atoms with Crippen LogP contribution in [0.1, 0.15) is 55.7 Å². The van der Waals surface area contributed by atoms with Crippen LogP contribution >= 0.6 is 0 Å². The van der Waals surface area contributed by atoms with Crippen molar-refractivity contribution in [1.29, 1.82) is 0 Å². The Morgan fingerprint density at radius 2 is 1.59 bits per heavy atom. The highest BCUT2D eigenvalue weighted by atomic mass is 32.2. The van der Waals surface area contributed by atoms with Gasteiger partial charge in [0, 0.05) is 42.4 Å². The first-order valence-electron chi connectivity index (χ1n) is 16.8. The molecule has 3 aromatic rings. The molecule has 51 heavy (non-hydrogen) atoms. The molecule has 15 heteroatoms. The van der Waals surface area contributed by atoms with Crippen molar-refractivity contribution in [3.63, 3.8) is 0 Å². The van der Waals surface area contributed by atoms with Crippen molar-refractivity contribution in [1.82, 2.24) is 14.9 Å². The van der Waals surface area contributed by atoms with E-state index in [1.807, 2.05) is 13.8 Å². The van der Waals surface area contributed by atoms with Crippen molar-refractivity contribution in [3.8, 4) is 0 Å². The van der Waals surface area contributed by atoms with Gasteiger partial charge in [0.25, 0.3) is 0 Å². The van der Waals surface area contributed by atoms with Crippen molar-refractivity contribution in [3.05, 3.63) is 101 Å². The van der Waals surface area contributed by atoms with Gasteiger partial charge in [-0.05, 0) is 87.1 Å². The van der Waals surface area contributed by atoms with E-state index in [0.29, 0.717) is 32.0 Å². The van der Waals surface area contributed by atoms with E-state index < -0.39 is 74.6 Å². The van der Waals surface area contributed by atoms with Crippen molar-refractivity contribution < 1.29 is 45.0 Å². The highest BCUT2D eigenvalue weighted by Crippen LogP contribution is 2.36. The molecule has 4 atom stereocenters. The summed E-state index contributed by atoms with van der Waals surface area (Å²) in [5.74, 6) is -5.32. The number of anilines is 1. The predicted molar refractivity (Wildman–Crippen MR) is 183 cm³/mol. The quantitative estimate of drug-likeness (QED) is 0.194. The Hall–Kier alpha value is -4.05. The van der Waals surface area contributed by atoms with Crippen LogP contribution in [0.25, 0.3) is 0 Å². The summed E-state index contributed by atoms with van der Waals surface area (Å²) in [7, 11) is -2.59. The van der Waals surface area contributed by atoms with Gasteiger partial charge in [-0.15, -0.1) is 0 Å². The number of amides is 2. The zero-order valence-electron chi connectivity index (χ0n) is 28.5. The number of sulfonamides is 1. The number of halogens is 4. The van der Waals surface area contributed by atoms with Crippen LogP contribution < -0.4 is 16.0 Å². The molecule has 1 aliphatic heterocycles. The second-order valence-corrected chi connectivity index (χ2v) is 15.2. The Bertz CT molecular complexity index is 1790. The lowest BCUT2D eigenvalue weighted by molar-refractivity contribution is -0.118. The lowest BCUT2D eigenvalue weighted by Gasteiger charge is -2.42. The molecule has 0 spiro atoms. The Morgan fingerprint density at radius 3 is 2.22 bits per heavy atom. The summed E-state index contributed by atoms with van der Waals surface area (Å²) in [6.45, 7) is 4.65. The predicted octanol–water partition coefficient (Wildman–Crippen LogP) is 5.23. The Labute approximate surface area is 294 Å². The van der Waals surface area contributed by atoms with Gasteiger partial charge in [-0.3, -0.25) is 4.79 Å². The maximum absolute atomic E-state index is 15.6. The fourth-order valence-electron chi connectivity index (χ4n) is 6.45. The third-order valence-corrected chi connectivity index (χ3v) is 11.5. The fraction of sp³-hybridized carbons (Fsp3) is 0.444. The maximum atomic E-state index is 15.6. The van der Waals surface area contributed by atoms with Crippen LogP contribution in [0.15, 0.2) is 60.7 Å². The molecule has 2 amide bonds. The number of carbonyl (C=O) groups excluding carboxylic acids is 2. The third-order valence-electron chi connectivity index (χ3n) is 8.99. The first kappa shape index (κ1) is 38.2. The van der Waals surface area contributed by atoms with E-state index in [1.165, 1.54) is 34.6 Å². The molecule has 1 heterocycles. The average molecular weight is 735 g/mol. The molecule has 5 rings (SSSR count). The maximum Gasteiger partial charge on any atom is 0.407 e. The van der Waals surface area contributed by atoms with Gasteiger partial charge in [0.05, 0.1) is 31.1 Å². The van der Waals surface area contributed by atoms with Gasteiger partial charge in [0.15, 0.2) is 0 Å². The second kappa shape index (κ2) is 16.5. The number of nitrogens with one attached hydrogen (secondary N) is 3. The Kier molecular flexibility index (Phi) is 12.4. The monoisotopic (exact) mass is 734 g/mol. The molecule has 3 N–H and O–H groups in total. The number of ether oxygens (including phenoxy) is 2. The fourth-order valence-corrected chi connectivity index (χ4v) is 8.68. The normalized spacial score (nSPS) is 19.4. The zero-order valence-corrected chi connectivity index (χ0v) is 29.3. The number of alkyl carbamates (subject to hydrolysis) is 1. The van der Waals surface area contributed by atoms with Crippen molar-refractivity contribution in [2.24, 2.45) is 0 Å². The van der Waals surface area contributed by atoms with Gasteiger partial charge >= 0.3 is 6.09 Å². The second-order valence-electron chi connectivity index (χ2n) is 13.1. The molecule has 2 aliphatic rings. The van der Waals surface area contributed by atoms with Crippen molar-refractivity contribution in [2.45, 2.75) is 74.9 Å². The minimum absolute atomic E-state index is 0.0225. The molecular formula is C36H42F4N4O6S. The minimum atomic E-state index is -3.65. The number of nitrogens with zero attached hydrogens (tertiary/aromatic N) is 1. The van der Waals surface area contributed by atoms with Crippen LogP contribution in [0.2, 0.25) is 0 Å². The van der Waals surface area contributed by atoms with Crippen LogP contribution in [0.3, 0.4) is 0 Å². The van der Waals surface area contributed by atoms with Crippen LogP contribution in [-0.4, -0.2) is 81.0 Å². The molecule has 0 bridgehead atoms. The summed E-state index contributed by atoms with van der Waals surface area (Å²) in [6, 6.07) is 8.91. The molecule has 2 fully saturated rings. The van der Waals surface area contributed by atoms with Crippen molar-refractivity contribution in [2.75, 3.05) is 32.1 Å². The lowest BCUT2D eigenvalue weighted by atomic mass is 9.84. The number of hydrogen-bond acceptors (Lipinski definition) is 7. The number of hydrogen-bond donors (Lipinski definition) is 3. The van der Waals surface area contributed by atoms with E-state index in [0.717, 1.165) is 31.4 Å². The van der Waals surface area contributed by atoms with Gasteiger partial charge < -0.3 is 25.4 Å². The molecule has 1 unspecified atom stereocenters. The molecular weight excluding hydrogens is 692 g/mol. The highest BCUT2D eigenvalue weighted by molar-refractivity contribution is 7.90. The van der Waals surface area contributed by atoms with Gasteiger partial charge in [-0.2, -0.15) is 4.31 Å². The average Bonchev–Trinajstić information content (AvgIpc) is 3.94. The van der Waals surface area contributed by atoms with Crippen LogP contribution in [0.5, 0.6) is 0 Å². The standard InChI is InChI=1S/C36H42F4N4O6S/c1-21(2)50-20-28-19-41-18-27(44(28)51(47,48)29-12-13-29)11-14-30-31(40)5-4-6-32(30)42-35(45)34(43-36(46)49-3)33(22-7-9-24(37)10-8-22)23-15-25(38)17-26(39)16-23/h4-10,15-17,21,27-29,33-34,41H,11-14,18-20H2,1-3H3,(H,42,45)(H,43,46)/t27-,28?,33-,34-/m0/s1. The molecule has 0 aromatic heterocycles. The Morgan fingerprint density at radius 1 is 0.922 bits per heavy atom. The van der Waals surface area contributed by atoms with E-state index in [2.05, 4.69) is 16.0 Å². The minimum Gasteiger partial charge on any atom is -0.453 e. The zero-order chi connectivity index (χ0) is 36.9. The number of rotatable bonds is 14. The van der Waals surface area contributed by atoms with Crippen LogP contribution in [-0.2, 0) is 30.7 Å². The number of carbonyl (C=O) groups is 2. The number of benzene rings is 3. The van der Waals surface area contributed by atoms with E-state index in [-0.39, 0.29) is 47.9 Å². The van der Waals surface area contributed by atoms with E-state index >= 15 is 4.39 Å². The van der Waals surface area contributed by atoms with Crippen molar-refractivity contribution >= 4 is 27.7 Å². The first-order valence-corrected chi connectivity index (χ1v) is 18.3. The molecule has 0 radical (unpaired) electrons. The Balaban J connectivity index is 1.45. The summed E-state index contributed by atoms with van der Waals surface area (Å²) in [4.78, 5) is 26.7. The summed E-state index contributed by atoms with van der Waals surface area (Å²) >= 11 is 0. The van der Waals surface area contributed by atoms with Crippen LogP contribution in [0, 0.1) is 23.3 Å². The van der Waals surface area contributed by atoms with Gasteiger partial charge in [-0.1, -0.05) is 18.2 Å². The van der Waals surface area contributed by atoms with Gasteiger partial charge in [0.2, 0.25) is 15.9 Å². The molecule has 10 nitrogen and oxygen atoms in total. The summed E-state index contributed by atoms with van der Waals surface area (Å²) < 4.78 is 97.8. The summed E-state index contributed by atoms with van der Waals surface area (Å²) in [5, 5.41) is 7.90. The van der Waals surface area contributed by atoms with Gasteiger partial charge in [-0.25, -0.2) is 30.8 Å². The number of piperazine rings is 1. The largest absolute Gasteiger partial charge is 0.453 e. The molecule has 276 valence electrons. The summed E-state index contributed by atoms with van der Waals surface area (Å²) in [6.07, 6.45) is 0.210. The molecule has 1 aliphatic carbocycles. The van der Waals surface area contributed by atoms with E-state index in [4.69, 9.17) is 9.47 Å². The third kappa shape index (κ3) is 9.44. The van der Waals surface area contributed by atoms with E-state index in [1.54, 1.807) is 0 Å². The van der Waals surface area contributed by atoms with E-state index in [9.17, 15) is 31.2 Å². The SMILES string of the molecule is COC(=O)N[C@H](C(=O)Nc1cccc(F)c1CC[C@H]1CNCC(COC(C)C)N1S(=O)(=O)C1CC1)[C@@H](c1ccc(F)cc1)c1cc(F)cc(F)c1. The molecule has 3 aromatic carbocycles. The van der Waals surface area contributed by atoms with Crippen LogP contribution in [0.4, 0.5) is 28.0 Å².